The van der Waals surface area contributed by atoms with Gasteiger partial charge in [0, 0.05) is 29.0 Å². The Morgan fingerprint density at radius 2 is 2.26 bits per heavy atom. The molecular formula is C14H16BrN3O. The van der Waals surface area contributed by atoms with Crippen LogP contribution in [0.1, 0.15) is 13.3 Å². The van der Waals surface area contributed by atoms with Crippen LogP contribution in [0.25, 0.3) is 10.9 Å². The van der Waals surface area contributed by atoms with Gasteiger partial charge in [-0.3, -0.25) is 9.78 Å². The van der Waals surface area contributed by atoms with Crippen LogP contribution in [0.3, 0.4) is 0 Å². The van der Waals surface area contributed by atoms with Gasteiger partial charge < -0.3 is 10.6 Å². The van der Waals surface area contributed by atoms with Crippen molar-refractivity contribution in [1.82, 2.24) is 10.3 Å². The number of aromatic nitrogens is 1. The number of hydrogen-bond donors (Lipinski definition) is 2. The van der Waals surface area contributed by atoms with Gasteiger partial charge in [0.25, 0.3) is 0 Å². The van der Waals surface area contributed by atoms with Crippen LogP contribution in [-0.2, 0) is 4.79 Å². The Kier molecular flexibility index (Phi) is 4.87. The normalized spacial score (nSPS) is 10.6. The first-order valence-corrected chi connectivity index (χ1v) is 7.05. The number of halogens is 1. The summed E-state index contributed by atoms with van der Waals surface area (Å²) in [5.41, 5.74) is 1.56. The van der Waals surface area contributed by atoms with Crippen LogP contribution < -0.4 is 10.6 Å². The van der Waals surface area contributed by atoms with Crippen molar-refractivity contribution in [3.8, 4) is 0 Å². The molecule has 0 aliphatic heterocycles. The lowest BCUT2D eigenvalue weighted by Crippen LogP contribution is -2.21. The first-order chi connectivity index (χ1) is 9.20. The molecule has 0 aliphatic carbocycles. The van der Waals surface area contributed by atoms with E-state index >= 15 is 0 Å². The number of nitrogens with one attached hydrogen (secondary N) is 2. The molecule has 2 aromatic rings. The SMILES string of the molecule is CCNCCC(=O)Nc1cccc2cc(Br)cnc12. The number of carbonyl (C=O) groups is 1. The van der Waals surface area contributed by atoms with Gasteiger partial charge in [-0.15, -0.1) is 0 Å². The number of rotatable bonds is 5. The Balaban J connectivity index is 2.14. The third-order valence-electron chi connectivity index (χ3n) is 2.73. The molecule has 1 amide bonds. The fraction of sp³-hybridized carbons (Fsp3) is 0.286. The van der Waals surface area contributed by atoms with E-state index in [4.69, 9.17) is 0 Å². The monoisotopic (exact) mass is 321 g/mol. The number of hydrogen-bond acceptors (Lipinski definition) is 3. The maximum atomic E-state index is 11.8. The van der Waals surface area contributed by atoms with Crippen LogP contribution in [0.4, 0.5) is 5.69 Å². The predicted molar refractivity (Wildman–Crippen MR) is 81.2 cm³/mol. The van der Waals surface area contributed by atoms with Crippen LogP contribution in [-0.4, -0.2) is 24.0 Å². The number of fused-ring (bicyclic) bond motifs is 1. The Morgan fingerprint density at radius 3 is 3.05 bits per heavy atom. The topological polar surface area (TPSA) is 54.0 Å². The quantitative estimate of drug-likeness (QED) is 0.832. The highest BCUT2D eigenvalue weighted by Crippen LogP contribution is 2.23. The van der Waals surface area contributed by atoms with Crippen molar-refractivity contribution in [2.45, 2.75) is 13.3 Å². The summed E-state index contributed by atoms with van der Waals surface area (Å²) in [5.74, 6) is -0.00170. The van der Waals surface area contributed by atoms with Crippen molar-refractivity contribution in [2.75, 3.05) is 18.4 Å². The summed E-state index contributed by atoms with van der Waals surface area (Å²) < 4.78 is 0.927. The third kappa shape index (κ3) is 3.75. The molecule has 19 heavy (non-hydrogen) atoms. The molecule has 5 heteroatoms. The average Bonchev–Trinajstić information content (AvgIpc) is 2.39. The average molecular weight is 322 g/mol. The van der Waals surface area contributed by atoms with E-state index in [1.54, 1.807) is 6.20 Å². The van der Waals surface area contributed by atoms with Gasteiger partial charge in [-0.1, -0.05) is 19.1 Å². The van der Waals surface area contributed by atoms with E-state index in [1.807, 2.05) is 31.2 Å². The van der Waals surface area contributed by atoms with Gasteiger partial charge in [-0.25, -0.2) is 0 Å². The molecule has 0 saturated heterocycles. The molecule has 0 bridgehead atoms. The molecule has 0 radical (unpaired) electrons. The molecular weight excluding hydrogens is 306 g/mol. The van der Waals surface area contributed by atoms with Gasteiger partial charge in [0.15, 0.2) is 0 Å². The minimum absolute atomic E-state index is 0.00170. The number of para-hydroxylation sites is 1. The second-order valence-electron chi connectivity index (χ2n) is 4.18. The molecule has 0 spiro atoms. The second kappa shape index (κ2) is 6.63. The van der Waals surface area contributed by atoms with Crippen molar-refractivity contribution < 1.29 is 4.79 Å². The zero-order valence-corrected chi connectivity index (χ0v) is 12.3. The lowest BCUT2D eigenvalue weighted by molar-refractivity contribution is -0.116. The van der Waals surface area contributed by atoms with Crippen molar-refractivity contribution in [3.63, 3.8) is 0 Å². The van der Waals surface area contributed by atoms with Crippen LogP contribution >= 0.6 is 15.9 Å². The van der Waals surface area contributed by atoms with Crippen LogP contribution in [0.15, 0.2) is 34.9 Å². The third-order valence-corrected chi connectivity index (χ3v) is 3.16. The molecule has 100 valence electrons. The van der Waals surface area contributed by atoms with E-state index in [2.05, 4.69) is 31.5 Å². The lowest BCUT2D eigenvalue weighted by atomic mass is 10.2. The molecule has 1 aromatic heterocycles. The smallest absolute Gasteiger partial charge is 0.225 e. The van der Waals surface area contributed by atoms with E-state index in [9.17, 15) is 4.79 Å². The zero-order valence-electron chi connectivity index (χ0n) is 10.7. The van der Waals surface area contributed by atoms with Gasteiger partial charge in [0.2, 0.25) is 5.91 Å². The summed E-state index contributed by atoms with van der Waals surface area (Å²) in [4.78, 5) is 16.2. The highest BCUT2D eigenvalue weighted by molar-refractivity contribution is 9.10. The summed E-state index contributed by atoms with van der Waals surface area (Å²) in [6, 6.07) is 7.74. The van der Waals surface area contributed by atoms with Crippen molar-refractivity contribution >= 4 is 38.4 Å². The van der Waals surface area contributed by atoms with Gasteiger partial charge in [-0.2, -0.15) is 0 Å². The van der Waals surface area contributed by atoms with Crippen molar-refractivity contribution in [2.24, 2.45) is 0 Å². The first-order valence-electron chi connectivity index (χ1n) is 6.25. The largest absolute Gasteiger partial charge is 0.324 e. The van der Waals surface area contributed by atoms with Crippen LogP contribution in [0.5, 0.6) is 0 Å². The minimum Gasteiger partial charge on any atom is -0.324 e. The standard InChI is InChI=1S/C14H16BrN3O/c1-2-16-7-6-13(19)18-12-5-3-4-10-8-11(15)9-17-14(10)12/h3-5,8-9,16H,2,6-7H2,1H3,(H,18,19). The molecule has 0 fully saturated rings. The minimum atomic E-state index is -0.00170. The van der Waals surface area contributed by atoms with Gasteiger partial charge in [-0.05, 0) is 34.6 Å². The fourth-order valence-electron chi connectivity index (χ4n) is 1.83. The Hall–Kier alpha value is -1.46. The van der Waals surface area contributed by atoms with Crippen LogP contribution in [0, 0.1) is 0 Å². The van der Waals surface area contributed by atoms with Gasteiger partial charge in [0.1, 0.15) is 0 Å². The number of pyridine rings is 1. The maximum absolute atomic E-state index is 11.8. The number of amides is 1. The molecule has 0 atom stereocenters. The number of carbonyl (C=O) groups excluding carboxylic acids is 1. The van der Waals surface area contributed by atoms with Crippen LogP contribution in [0.2, 0.25) is 0 Å². The van der Waals surface area contributed by atoms with Crippen molar-refractivity contribution in [1.29, 1.82) is 0 Å². The highest BCUT2D eigenvalue weighted by atomic mass is 79.9. The fourth-order valence-corrected chi connectivity index (χ4v) is 2.18. The number of anilines is 1. The van der Waals surface area contributed by atoms with Crippen molar-refractivity contribution in [3.05, 3.63) is 34.9 Å². The summed E-state index contributed by atoms with van der Waals surface area (Å²) in [6.45, 7) is 3.58. The molecule has 1 heterocycles. The van der Waals surface area contributed by atoms with E-state index in [1.165, 1.54) is 0 Å². The second-order valence-corrected chi connectivity index (χ2v) is 5.10. The Labute approximate surface area is 120 Å². The van der Waals surface area contributed by atoms with E-state index in [-0.39, 0.29) is 5.91 Å². The highest BCUT2D eigenvalue weighted by Gasteiger charge is 2.06. The number of nitrogens with zero attached hydrogens (tertiary/aromatic N) is 1. The lowest BCUT2D eigenvalue weighted by Gasteiger charge is -2.08. The molecule has 2 rings (SSSR count). The van der Waals surface area contributed by atoms with Gasteiger partial charge >= 0.3 is 0 Å². The zero-order chi connectivity index (χ0) is 13.7. The van der Waals surface area contributed by atoms with Gasteiger partial charge in [0.05, 0.1) is 11.2 Å². The first kappa shape index (κ1) is 14.0. The summed E-state index contributed by atoms with van der Waals surface area (Å²) >= 11 is 3.39. The summed E-state index contributed by atoms with van der Waals surface area (Å²) in [5, 5.41) is 7.03. The maximum Gasteiger partial charge on any atom is 0.225 e. The van der Waals surface area contributed by atoms with E-state index in [0.717, 1.165) is 27.6 Å². The van der Waals surface area contributed by atoms with E-state index in [0.29, 0.717) is 13.0 Å². The molecule has 0 saturated carbocycles. The molecule has 1 aromatic carbocycles. The summed E-state index contributed by atoms with van der Waals surface area (Å²) in [7, 11) is 0. The summed E-state index contributed by atoms with van der Waals surface area (Å²) in [6.07, 6.45) is 2.19. The van der Waals surface area contributed by atoms with E-state index < -0.39 is 0 Å². The Bertz CT molecular complexity index is 586. The predicted octanol–water partition coefficient (Wildman–Crippen LogP) is 2.94. The Morgan fingerprint density at radius 1 is 1.42 bits per heavy atom. The molecule has 4 nitrogen and oxygen atoms in total. The number of benzene rings is 1. The molecule has 2 N–H and O–H groups in total. The molecule has 0 unspecified atom stereocenters. The molecule has 0 aliphatic rings.